The summed E-state index contributed by atoms with van der Waals surface area (Å²) in [5, 5.41) is 8.85. The Kier molecular flexibility index (Phi) is 3.33. The first-order chi connectivity index (χ1) is 7.06. The van der Waals surface area contributed by atoms with Crippen molar-refractivity contribution < 1.29 is 14.3 Å². The maximum atomic E-state index is 12.8. The second-order valence-electron chi connectivity index (χ2n) is 2.90. The minimum atomic E-state index is -1.19. The Bertz CT molecular complexity index is 434. The monoisotopic (exact) mass is 207 g/mol. The van der Waals surface area contributed by atoms with Gasteiger partial charge in [-0.2, -0.15) is 0 Å². The molecule has 0 fully saturated rings. The first-order valence-electron chi connectivity index (χ1n) is 4.24. The number of allylic oxidation sites excluding steroid dienone is 1. The summed E-state index contributed by atoms with van der Waals surface area (Å²) >= 11 is 0. The third-order valence-corrected chi connectivity index (χ3v) is 1.79. The molecule has 0 amide bonds. The van der Waals surface area contributed by atoms with Crippen LogP contribution in [-0.4, -0.2) is 16.1 Å². The van der Waals surface area contributed by atoms with Crippen LogP contribution >= 0.6 is 0 Å². The van der Waals surface area contributed by atoms with E-state index in [9.17, 15) is 9.18 Å². The largest absolute Gasteiger partial charge is 0.476 e. The van der Waals surface area contributed by atoms with E-state index in [4.69, 9.17) is 5.11 Å². The maximum absolute atomic E-state index is 12.8. The molecule has 0 radical (unpaired) electrons. The standard InChI is InChI=1S/C11H10FNO2/c1-3-8-4-5-13-10(11(14)15)9(8)6-7(2)12/h3-6H,1H2,2H3,(H,14,15)/b7-6+. The Hall–Kier alpha value is -1.97. The number of aromatic carboxylic acids is 1. The molecular weight excluding hydrogens is 197 g/mol. The molecule has 3 nitrogen and oxygen atoms in total. The fourth-order valence-electron chi connectivity index (χ4n) is 1.19. The van der Waals surface area contributed by atoms with Gasteiger partial charge in [0, 0.05) is 11.8 Å². The lowest BCUT2D eigenvalue weighted by Crippen LogP contribution is -2.04. The first kappa shape index (κ1) is 11.1. The van der Waals surface area contributed by atoms with E-state index >= 15 is 0 Å². The third kappa shape index (κ3) is 2.49. The van der Waals surface area contributed by atoms with Gasteiger partial charge in [0.15, 0.2) is 5.69 Å². The minimum Gasteiger partial charge on any atom is -0.476 e. The fourth-order valence-corrected chi connectivity index (χ4v) is 1.19. The molecule has 0 spiro atoms. The molecule has 0 aliphatic carbocycles. The summed E-state index contributed by atoms with van der Waals surface area (Å²) in [6.45, 7) is 4.77. The van der Waals surface area contributed by atoms with E-state index in [1.807, 2.05) is 0 Å². The van der Waals surface area contributed by atoms with Crippen molar-refractivity contribution in [1.82, 2.24) is 4.98 Å². The van der Waals surface area contributed by atoms with Gasteiger partial charge in [-0.25, -0.2) is 14.2 Å². The minimum absolute atomic E-state index is 0.176. The van der Waals surface area contributed by atoms with Crippen LogP contribution in [0.4, 0.5) is 4.39 Å². The molecule has 0 aliphatic rings. The van der Waals surface area contributed by atoms with E-state index in [2.05, 4.69) is 11.6 Å². The molecule has 15 heavy (non-hydrogen) atoms. The predicted octanol–water partition coefficient (Wildman–Crippen LogP) is 2.75. The van der Waals surface area contributed by atoms with Gasteiger partial charge in [0.05, 0.1) is 5.83 Å². The lowest BCUT2D eigenvalue weighted by Gasteiger charge is -2.04. The molecule has 0 atom stereocenters. The number of nitrogens with zero attached hydrogens (tertiary/aromatic N) is 1. The Balaban J connectivity index is 3.47. The van der Waals surface area contributed by atoms with Crippen LogP contribution in [0.1, 0.15) is 28.5 Å². The molecule has 4 heteroatoms. The number of halogens is 1. The van der Waals surface area contributed by atoms with E-state index in [-0.39, 0.29) is 11.3 Å². The highest BCUT2D eigenvalue weighted by molar-refractivity contribution is 5.91. The van der Waals surface area contributed by atoms with Gasteiger partial charge >= 0.3 is 5.97 Å². The molecule has 0 unspecified atom stereocenters. The highest BCUT2D eigenvalue weighted by Crippen LogP contribution is 2.18. The molecule has 1 aromatic rings. The summed E-state index contributed by atoms with van der Waals surface area (Å²) in [7, 11) is 0. The zero-order valence-electron chi connectivity index (χ0n) is 8.20. The summed E-state index contributed by atoms with van der Waals surface area (Å²) in [6, 6.07) is 1.58. The van der Waals surface area contributed by atoms with E-state index < -0.39 is 11.8 Å². The zero-order valence-corrected chi connectivity index (χ0v) is 8.20. The molecule has 1 N–H and O–H groups in total. The molecular formula is C11H10FNO2. The Labute approximate surface area is 86.6 Å². The van der Waals surface area contributed by atoms with Crippen molar-refractivity contribution in [3.8, 4) is 0 Å². The Morgan fingerprint density at radius 2 is 2.33 bits per heavy atom. The van der Waals surface area contributed by atoms with Crippen LogP contribution in [0.25, 0.3) is 12.2 Å². The molecule has 0 aliphatic heterocycles. The van der Waals surface area contributed by atoms with Gasteiger partial charge < -0.3 is 5.11 Å². The molecule has 0 aromatic carbocycles. The number of carbonyl (C=O) groups is 1. The first-order valence-corrected chi connectivity index (χ1v) is 4.24. The van der Waals surface area contributed by atoms with Crippen molar-refractivity contribution in [2.75, 3.05) is 0 Å². The average molecular weight is 207 g/mol. The number of hydrogen-bond acceptors (Lipinski definition) is 2. The third-order valence-electron chi connectivity index (χ3n) is 1.79. The SMILES string of the molecule is C=Cc1ccnc(C(=O)O)c1/C=C(\C)F. The van der Waals surface area contributed by atoms with Gasteiger partial charge in [-0.15, -0.1) is 0 Å². The second-order valence-corrected chi connectivity index (χ2v) is 2.90. The quantitative estimate of drug-likeness (QED) is 0.829. The van der Waals surface area contributed by atoms with Crippen molar-refractivity contribution in [2.24, 2.45) is 0 Å². The van der Waals surface area contributed by atoms with Gasteiger partial charge in [-0.1, -0.05) is 12.7 Å². The Morgan fingerprint density at radius 3 is 2.80 bits per heavy atom. The van der Waals surface area contributed by atoms with E-state index in [0.717, 1.165) is 6.08 Å². The molecule has 78 valence electrons. The second kappa shape index (κ2) is 4.50. The van der Waals surface area contributed by atoms with Gasteiger partial charge in [0.1, 0.15) is 0 Å². The smallest absolute Gasteiger partial charge is 0.355 e. The van der Waals surface area contributed by atoms with Crippen molar-refractivity contribution in [2.45, 2.75) is 6.92 Å². The van der Waals surface area contributed by atoms with Gasteiger partial charge in [-0.05, 0) is 24.6 Å². The lowest BCUT2D eigenvalue weighted by molar-refractivity contribution is 0.0690. The predicted molar refractivity (Wildman–Crippen MR) is 56.0 cm³/mol. The van der Waals surface area contributed by atoms with E-state index in [0.29, 0.717) is 5.56 Å². The molecule has 0 saturated carbocycles. The maximum Gasteiger partial charge on any atom is 0.355 e. The normalized spacial score (nSPS) is 11.2. The number of carboxylic acids is 1. The lowest BCUT2D eigenvalue weighted by atomic mass is 10.1. The van der Waals surface area contributed by atoms with Crippen LogP contribution in [0, 0.1) is 0 Å². The van der Waals surface area contributed by atoms with Crippen LogP contribution in [0.3, 0.4) is 0 Å². The van der Waals surface area contributed by atoms with Crippen molar-refractivity contribution in [1.29, 1.82) is 0 Å². The number of pyridine rings is 1. The van der Waals surface area contributed by atoms with Crippen LogP contribution in [0.2, 0.25) is 0 Å². The summed E-state index contributed by atoms with van der Waals surface area (Å²) in [5.41, 5.74) is 0.601. The van der Waals surface area contributed by atoms with Gasteiger partial charge in [-0.3, -0.25) is 0 Å². The van der Waals surface area contributed by atoms with Crippen molar-refractivity contribution >= 4 is 18.1 Å². The topological polar surface area (TPSA) is 50.2 Å². The molecule has 1 rings (SSSR count). The van der Waals surface area contributed by atoms with Gasteiger partial charge in [0.2, 0.25) is 0 Å². The number of carboxylic acid groups (broad SMARTS) is 1. The highest BCUT2D eigenvalue weighted by atomic mass is 19.1. The van der Waals surface area contributed by atoms with Crippen LogP contribution in [-0.2, 0) is 0 Å². The average Bonchev–Trinajstić information content (AvgIpc) is 2.16. The fraction of sp³-hybridized carbons (Fsp3) is 0.0909. The molecule has 1 heterocycles. The van der Waals surface area contributed by atoms with Crippen molar-refractivity contribution in [3.63, 3.8) is 0 Å². The van der Waals surface area contributed by atoms with Crippen molar-refractivity contribution in [3.05, 3.63) is 41.5 Å². The summed E-state index contributed by atoms with van der Waals surface area (Å²) in [4.78, 5) is 14.5. The molecule has 0 bridgehead atoms. The Morgan fingerprint density at radius 1 is 1.67 bits per heavy atom. The van der Waals surface area contributed by atoms with Crippen LogP contribution in [0.15, 0.2) is 24.7 Å². The van der Waals surface area contributed by atoms with Gasteiger partial charge in [0.25, 0.3) is 0 Å². The number of aromatic nitrogens is 1. The van der Waals surface area contributed by atoms with E-state index in [1.165, 1.54) is 19.2 Å². The molecule has 0 saturated heterocycles. The zero-order chi connectivity index (χ0) is 11.4. The summed E-state index contributed by atoms with van der Waals surface area (Å²) in [6.07, 6.45) is 3.95. The number of rotatable bonds is 3. The van der Waals surface area contributed by atoms with Crippen LogP contribution < -0.4 is 0 Å². The number of hydrogen-bond donors (Lipinski definition) is 1. The summed E-state index contributed by atoms with van der Waals surface area (Å²) < 4.78 is 12.8. The summed E-state index contributed by atoms with van der Waals surface area (Å²) in [5.74, 6) is -1.67. The van der Waals surface area contributed by atoms with Crippen LogP contribution in [0.5, 0.6) is 0 Å². The van der Waals surface area contributed by atoms with E-state index in [1.54, 1.807) is 6.07 Å². The molecule has 1 aromatic heterocycles. The highest BCUT2D eigenvalue weighted by Gasteiger charge is 2.12.